The van der Waals surface area contributed by atoms with Gasteiger partial charge in [-0.15, -0.1) is 0 Å². The summed E-state index contributed by atoms with van der Waals surface area (Å²) >= 11 is 8.81. The molecule has 0 radical (unpaired) electrons. The van der Waals surface area contributed by atoms with Gasteiger partial charge < -0.3 is 10.2 Å². The molecule has 1 aliphatic heterocycles. The molecular weight excluding hydrogens is 434 g/mol. The number of aryl methyl sites for hydroxylation is 1. The van der Waals surface area contributed by atoms with Gasteiger partial charge >= 0.3 is 0 Å². The highest BCUT2D eigenvalue weighted by molar-refractivity contribution is 9.10. The Hall–Kier alpha value is -1.48. The summed E-state index contributed by atoms with van der Waals surface area (Å²) in [5.74, 6) is 0. The quantitative estimate of drug-likeness (QED) is 0.721. The van der Waals surface area contributed by atoms with Crippen molar-refractivity contribution in [2.24, 2.45) is 0 Å². The molecule has 2 aromatic rings. The van der Waals surface area contributed by atoms with Crippen LogP contribution in [0.4, 0.5) is 5.69 Å². The second kappa shape index (κ2) is 8.04. The summed E-state index contributed by atoms with van der Waals surface area (Å²) < 4.78 is 27.8. The maximum absolute atomic E-state index is 12.8. The number of hydrogen-bond acceptors (Lipinski definition) is 3. The second-order valence-corrected chi connectivity index (χ2v) is 9.39. The number of nitrogens with one attached hydrogen (secondary N) is 1. The third-order valence-electron chi connectivity index (χ3n) is 4.23. The Bertz CT molecular complexity index is 910. The largest absolute Gasteiger partial charge is 0.346 e. The van der Waals surface area contributed by atoms with Crippen molar-refractivity contribution < 1.29 is 8.42 Å². The van der Waals surface area contributed by atoms with E-state index in [4.69, 9.17) is 12.2 Å². The van der Waals surface area contributed by atoms with E-state index in [0.29, 0.717) is 36.2 Å². The van der Waals surface area contributed by atoms with E-state index >= 15 is 0 Å². The van der Waals surface area contributed by atoms with Gasteiger partial charge in [0, 0.05) is 36.3 Å². The van der Waals surface area contributed by atoms with Crippen molar-refractivity contribution in [1.29, 1.82) is 0 Å². The minimum atomic E-state index is -3.49. The van der Waals surface area contributed by atoms with Crippen molar-refractivity contribution >= 4 is 49.0 Å². The molecule has 26 heavy (non-hydrogen) atoms. The van der Waals surface area contributed by atoms with Gasteiger partial charge in [0.2, 0.25) is 10.0 Å². The zero-order valence-electron chi connectivity index (χ0n) is 14.4. The molecule has 1 heterocycles. The minimum Gasteiger partial charge on any atom is -0.346 e. The lowest BCUT2D eigenvalue weighted by Crippen LogP contribution is -2.51. The van der Waals surface area contributed by atoms with Gasteiger partial charge in [-0.3, -0.25) is 0 Å². The van der Waals surface area contributed by atoms with E-state index in [1.807, 2.05) is 42.2 Å². The SMILES string of the molecule is Cc1cccc(NC(=S)N2CCN(S(=O)(=O)c3cccc(Br)c3)CC2)c1. The van der Waals surface area contributed by atoms with Gasteiger partial charge in [0.1, 0.15) is 0 Å². The highest BCUT2D eigenvalue weighted by Gasteiger charge is 2.29. The van der Waals surface area contributed by atoms with Crippen LogP contribution in [0.2, 0.25) is 0 Å². The molecule has 2 aromatic carbocycles. The van der Waals surface area contributed by atoms with Gasteiger partial charge in [-0.05, 0) is 55.0 Å². The van der Waals surface area contributed by atoms with Gasteiger partial charge in [-0.2, -0.15) is 4.31 Å². The fourth-order valence-corrected chi connectivity index (χ4v) is 5.15. The van der Waals surface area contributed by atoms with Crippen LogP contribution in [0.5, 0.6) is 0 Å². The van der Waals surface area contributed by atoms with E-state index in [9.17, 15) is 8.42 Å². The molecule has 3 rings (SSSR count). The number of halogens is 1. The number of benzene rings is 2. The number of piperazine rings is 1. The summed E-state index contributed by atoms with van der Waals surface area (Å²) in [6.45, 7) is 3.96. The van der Waals surface area contributed by atoms with Gasteiger partial charge in [-0.1, -0.05) is 34.1 Å². The Labute approximate surface area is 168 Å². The lowest BCUT2D eigenvalue weighted by atomic mass is 10.2. The summed E-state index contributed by atoms with van der Waals surface area (Å²) in [5, 5.41) is 3.85. The number of anilines is 1. The smallest absolute Gasteiger partial charge is 0.243 e. The van der Waals surface area contributed by atoms with Crippen LogP contribution in [-0.2, 0) is 10.0 Å². The zero-order chi connectivity index (χ0) is 18.7. The van der Waals surface area contributed by atoms with E-state index < -0.39 is 10.0 Å². The van der Waals surface area contributed by atoms with E-state index in [2.05, 4.69) is 21.2 Å². The number of sulfonamides is 1. The molecule has 0 aromatic heterocycles. The van der Waals surface area contributed by atoms with Crippen LogP contribution in [0.25, 0.3) is 0 Å². The summed E-state index contributed by atoms with van der Waals surface area (Å²) in [6.07, 6.45) is 0. The number of thiocarbonyl (C=S) groups is 1. The minimum absolute atomic E-state index is 0.306. The average Bonchev–Trinajstić information content (AvgIpc) is 2.62. The van der Waals surface area contributed by atoms with E-state index in [1.54, 1.807) is 18.2 Å². The first-order valence-electron chi connectivity index (χ1n) is 8.24. The van der Waals surface area contributed by atoms with Gasteiger partial charge in [0.25, 0.3) is 0 Å². The fraction of sp³-hybridized carbons (Fsp3) is 0.278. The summed E-state index contributed by atoms with van der Waals surface area (Å²) in [4.78, 5) is 2.31. The summed E-state index contributed by atoms with van der Waals surface area (Å²) in [5.41, 5.74) is 2.10. The summed E-state index contributed by atoms with van der Waals surface area (Å²) in [6, 6.07) is 14.8. The molecule has 0 atom stereocenters. The van der Waals surface area contributed by atoms with Crippen molar-refractivity contribution in [3.63, 3.8) is 0 Å². The molecule has 8 heteroatoms. The van der Waals surface area contributed by atoms with Crippen molar-refractivity contribution in [2.45, 2.75) is 11.8 Å². The third kappa shape index (κ3) is 4.43. The van der Waals surface area contributed by atoms with Crippen LogP contribution in [0.3, 0.4) is 0 Å². The maximum atomic E-state index is 12.8. The first-order valence-corrected chi connectivity index (χ1v) is 10.9. The Morgan fingerprint density at radius 1 is 1.08 bits per heavy atom. The fourth-order valence-electron chi connectivity index (χ4n) is 2.83. The molecule has 0 aliphatic carbocycles. The van der Waals surface area contributed by atoms with Gasteiger partial charge in [0.15, 0.2) is 5.11 Å². The van der Waals surface area contributed by atoms with Crippen LogP contribution in [0.15, 0.2) is 57.9 Å². The molecular formula is C18H20BrN3O2S2. The number of hydrogen-bond donors (Lipinski definition) is 1. The predicted octanol–water partition coefficient (Wildman–Crippen LogP) is 3.46. The Kier molecular flexibility index (Phi) is 5.96. The van der Waals surface area contributed by atoms with Crippen molar-refractivity contribution in [3.05, 3.63) is 58.6 Å². The van der Waals surface area contributed by atoms with Crippen LogP contribution in [0, 0.1) is 6.92 Å². The molecule has 1 saturated heterocycles. The molecule has 0 bridgehead atoms. The van der Waals surface area contributed by atoms with E-state index in [1.165, 1.54) is 4.31 Å². The topological polar surface area (TPSA) is 52.6 Å². The summed E-state index contributed by atoms with van der Waals surface area (Å²) in [7, 11) is -3.49. The lowest BCUT2D eigenvalue weighted by Gasteiger charge is -2.35. The van der Waals surface area contributed by atoms with Crippen LogP contribution < -0.4 is 5.32 Å². The van der Waals surface area contributed by atoms with Crippen LogP contribution in [-0.4, -0.2) is 48.9 Å². The molecule has 0 saturated carbocycles. The Morgan fingerprint density at radius 3 is 2.42 bits per heavy atom. The number of nitrogens with zero attached hydrogens (tertiary/aromatic N) is 2. The normalized spacial score (nSPS) is 15.7. The molecule has 1 N–H and O–H groups in total. The Balaban J connectivity index is 1.62. The van der Waals surface area contributed by atoms with Crippen molar-refractivity contribution in [1.82, 2.24) is 9.21 Å². The van der Waals surface area contributed by atoms with E-state index in [0.717, 1.165) is 15.7 Å². The van der Waals surface area contributed by atoms with Gasteiger partial charge in [0.05, 0.1) is 4.90 Å². The highest BCUT2D eigenvalue weighted by atomic mass is 79.9. The molecule has 1 aliphatic rings. The zero-order valence-corrected chi connectivity index (χ0v) is 17.6. The molecule has 138 valence electrons. The van der Waals surface area contributed by atoms with Crippen molar-refractivity contribution in [2.75, 3.05) is 31.5 Å². The van der Waals surface area contributed by atoms with Gasteiger partial charge in [-0.25, -0.2) is 8.42 Å². The third-order valence-corrected chi connectivity index (χ3v) is 6.98. The second-order valence-electron chi connectivity index (χ2n) is 6.15. The average molecular weight is 454 g/mol. The van der Waals surface area contributed by atoms with E-state index in [-0.39, 0.29) is 0 Å². The molecule has 0 amide bonds. The van der Waals surface area contributed by atoms with Crippen molar-refractivity contribution in [3.8, 4) is 0 Å². The standard InChI is InChI=1S/C18H20BrN3O2S2/c1-14-4-2-6-16(12-14)20-18(25)21-8-10-22(11-9-21)26(23,24)17-7-3-5-15(19)13-17/h2-7,12-13H,8-11H2,1H3,(H,20,25). The molecule has 5 nitrogen and oxygen atoms in total. The molecule has 0 spiro atoms. The molecule has 0 unspecified atom stereocenters. The Morgan fingerprint density at radius 2 is 1.77 bits per heavy atom. The first-order chi connectivity index (χ1) is 12.4. The lowest BCUT2D eigenvalue weighted by molar-refractivity contribution is 0.268. The number of rotatable bonds is 3. The molecule has 1 fully saturated rings. The first kappa shape index (κ1) is 19.3. The van der Waals surface area contributed by atoms with Crippen LogP contribution >= 0.6 is 28.1 Å². The highest BCUT2D eigenvalue weighted by Crippen LogP contribution is 2.21. The predicted molar refractivity (Wildman–Crippen MR) is 112 cm³/mol. The van der Waals surface area contributed by atoms with Crippen LogP contribution in [0.1, 0.15) is 5.56 Å². The maximum Gasteiger partial charge on any atom is 0.243 e. The monoisotopic (exact) mass is 453 g/mol.